The minimum absolute atomic E-state index is 0. The zero-order valence-corrected chi connectivity index (χ0v) is 8.88. The molecule has 0 aliphatic rings. The molecule has 1 aromatic carbocycles. The van der Waals surface area contributed by atoms with Crippen LogP contribution in [0.5, 0.6) is 0 Å². The van der Waals surface area contributed by atoms with Crippen molar-refractivity contribution in [2.24, 2.45) is 0 Å². The third-order valence-electron chi connectivity index (χ3n) is 1.56. The third-order valence-corrected chi connectivity index (χ3v) is 1.56. The third kappa shape index (κ3) is 5.71. The number of rotatable bonds is 2. The van der Waals surface area contributed by atoms with Crippen LogP contribution in [0.4, 0.5) is 0 Å². The first kappa shape index (κ1) is 13.1. The van der Waals surface area contributed by atoms with Gasteiger partial charge in [-0.15, -0.1) is 42.0 Å². The van der Waals surface area contributed by atoms with E-state index in [0.29, 0.717) is 0 Å². The van der Waals surface area contributed by atoms with E-state index in [9.17, 15) is 0 Å². The number of benzene rings is 1. The molecule has 0 radical (unpaired) electrons. The topological polar surface area (TPSA) is 0 Å². The molecule has 0 nitrogen and oxygen atoms in total. The monoisotopic (exact) mass is 176 g/mol. The second-order valence-corrected chi connectivity index (χ2v) is 2.72. The molecule has 0 N–H and O–H groups in total. The van der Waals surface area contributed by atoms with Crippen LogP contribution in [0.25, 0.3) is 6.08 Å². The van der Waals surface area contributed by atoms with Crippen LogP contribution < -0.4 is 18.9 Å². The van der Waals surface area contributed by atoms with Gasteiger partial charge in [0.05, 0.1) is 0 Å². The largest absolute Gasteiger partial charge is 1.00 e. The van der Waals surface area contributed by atoms with Gasteiger partial charge in [-0.2, -0.15) is 0 Å². The van der Waals surface area contributed by atoms with Gasteiger partial charge in [0.25, 0.3) is 0 Å². The van der Waals surface area contributed by atoms with Crippen molar-refractivity contribution >= 4 is 6.08 Å². The minimum atomic E-state index is 0. The molecular formula is C13H13Li. The molecule has 0 saturated heterocycles. The molecule has 0 atom stereocenters. The molecule has 0 aliphatic heterocycles. The molecular weight excluding hydrogens is 163 g/mol. The van der Waals surface area contributed by atoms with E-state index in [-0.39, 0.29) is 18.9 Å². The summed E-state index contributed by atoms with van der Waals surface area (Å²) in [4.78, 5) is 0. The molecule has 0 heterocycles. The molecule has 0 spiro atoms. The van der Waals surface area contributed by atoms with E-state index in [1.807, 2.05) is 36.4 Å². The Labute approximate surface area is 98.6 Å². The number of allylic oxidation sites excluding steroid dienone is 1. The van der Waals surface area contributed by atoms with Crippen LogP contribution in [-0.4, -0.2) is 0 Å². The van der Waals surface area contributed by atoms with Gasteiger partial charge in [0.2, 0.25) is 0 Å². The summed E-state index contributed by atoms with van der Waals surface area (Å²) in [5.41, 5.74) is 1.08. The van der Waals surface area contributed by atoms with E-state index in [0.717, 1.165) is 18.4 Å². The van der Waals surface area contributed by atoms with Crippen molar-refractivity contribution in [3.8, 4) is 11.8 Å². The summed E-state index contributed by atoms with van der Waals surface area (Å²) < 4.78 is 0. The first-order chi connectivity index (χ1) is 6.43. The van der Waals surface area contributed by atoms with Crippen molar-refractivity contribution < 1.29 is 18.9 Å². The molecule has 0 fully saturated rings. The fourth-order valence-electron chi connectivity index (χ4n) is 0.898. The Morgan fingerprint density at radius 1 is 1.43 bits per heavy atom. The first-order valence-corrected chi connectivity index (χ1v) is 4.55. The second kappa shape index (κ2) is 8.70. The molecule has 1 heteroatoms. The SMILES string of the molecule is CCCC#C/C=C\c1[c-]cccc1.[Li+]. The van der Waals surface area contributed by atoms with Crippen LogP contribution in [0, 0.1) is 17.9 Å². The van der Waals surface area contributed by atoms with Crippen molar-refractivity contribution in [2.45, 2.75) is 19.8 Å². The zero-order valence-electron chi connectivity index (χ0n) is 8.88. The summed E-state index contributed by atoms with van der Waals surface area (Å²) in [7, 11) is 0. The molecule has 0 aromatic heterocycles. The molecule has 66 valence electrons. The summed E-state index contributed by atoms with van der Waals surface area (Å²) in [6.45, 7) is 2.13. The summed E-state index contributed by atoms with van der Waals surface area (Å²) in [6, 6.07) is 11.0. The first-order valence-electron chi connectivity index (χ1n) is 4.55. The molecule has 0 amide bonds. The standard InChI is InChI=1S/C13H13.Li/c1-2-3-4-5-7-10-13-11-8-6-9-12-13;/h6-11H,2-3H2,1H3;/q-1;+1/b10-7-;. The van der Waals surface area contributed by atoms with Crippen molar-refractivity contribution in [2.75, 3.05) is 0 Å². The molecule has 1 rings (SSSR count). The maximum Gasteiger partial charge on any atom is 1.00 e. The van der Waals surface area contributed by atoms with Crippen molar-refractivity contribution in [3.05, 3.63) is 42.0 Å². The molecule has 0 bridgehead atoms. The van der Waals surface area contributed by atoms with Crippen molar-refractivity contribution in [1.29, 1.82) is 0 Å². The van der Waals surface area contributed by atoms with Gasteiger partial charge in [0.15, 0.2) is 0 Å². The van der Waals surface area contributed by atoms with E-state index in [1.165, 1.54) is 0 Å². The Balaban J connectivity index is 0.00000169. The summed E-state index contributed by atoms with van der Waals surface area (Å²) in [6.07, 6.45) is 5.95. The van der Waals surface area contributed by atoms with E-state index < -0.39 is 0 Å². The van der Waals surface area contributed by atoms with Crippen LogP contribution in [0.15, 0.2) is 30.3 Å². The van der Waals surface area contributed by atoms with Crippen molar-refractivity contribution in [1.82, 2.24) is 0 Å². The molecule has 0 saturated carbocycles. The van der Waals surface area contributed by atoms with Gasteiger partial charge >= 0.3 is 18.9 Å². The van der Waals surface area contributed by atoms with Gasteiger partial charge in [-0.1, -0.05) is 24.8 Å². The van der Waals surface area contributed by atoms with Gasteiger partial charge in [-0.05, 0) is 6.42 Å². The van der Waals surface area contributed by atoms with Crippen LogP contribution >= 0.6 is 0 Å². The van der Waals surface area contributed by atoms with Crippen molar-refractivity contribution in [3.63, 3.8) is 0 Å². The van der Waals surface area contributed by atoms with Gasteiger partial charge in [-0.3, -0.25) is 0 Å². The molecule has 1 aromatic rings. The Morgan fingerprint density at radius 2 is 2.29 bits per heavy atom. The minimum Gasteiger partial charge on any atom is -0.150 e. The predicted octanol–water partition coefficient (Wildman–Crippen LogP) is 0.307. The Morgan fingerprint density at radius 3 is 2.93 bits per heavy atom. The van der Waals surface area contributed by atoms with E-state index in [1.54, 1.807) is 0 Å². The summed E-state index contributed by atoms with van der Waals surface area (Å²) in [5.74, 6) is 6.04. The maximum atomic E-state index is 3.10. The smallest absolute Gasteiger partial charge is 0.150 e. The quantitative estimate of drug-likeness (QED) is 0.345. The second-order valence-electron chi connectivity index (χ2n) is 2.72. The summed E-state index contributed by atoms with van der Waals surface area (Å²) >= 11 is 0. The zero-order chi connectivity index (χ0) is 9.36. The van der Waals surface area contributed by atoms with E-state index in [4.69, 9.17) is 0 Å². The average molecular weight is 176 g/mol. The van der Waals surface area contributed by atoms with Gasteiger partial charge in [0.1, 0.15) is 0 Å². The summed E-state index contributed by atoms with van der Waals surface area (Å²) in [5, 5.41) is 0. The molecule has 14 heavy (non-hydrogen) atoms. The van der Waals surface area contributed by atoms with Gasteiger partial charge in [-0.25, -0.2) is 0 Å². The number of hydrogen-bond acceptors (Lipinski definition) is 0. The fraction of sp³-hybridized carbons (Fsp3) is 0.231. The fourth-order valence-corrected chi connectivity index (χ4v) is 0.898. The van der Waals surface area contributed by atoms with Gasteiger partial charge < -0.3 is 0 Å². The Bertz CT molecular complexity index is 314. The van der Waals surface area contributed by atoms with Crippen LogP contribution in [0.2, 0.25) is 0 Å². The maximum absolute atomic E-state index is 3.10. The van der Waals surface area contributed by atoms with Crippen LogP contribution in [0.1, 0.15) is 25.3 Å². The Hall–Kier alpha value is -0.883. The van der Waals surface area contributed by atoms with E-state index in [2.05, 4.69) is 24.8 Å². The Kier molecular flexibility index (Phi) is 8.16. The van der Waals surface area contributed by atoms with Gasteiger partial charge in [0, 0.05) is 6.42 Å². The predicted molar refractivity (Wildman–Crippen MR) is 57.0 cm³/mol. The van der Waals surface area contributed by atoms with Crippen LogP contribution in [0.3, 0.4) is 0 Å². The van der Waals surface area contributed by atoms with Crippen LogP contribution in [-0.2, 0) is 0 Å². The van der Waals surface area contributed by atoms with E-state index >= 15 is 0 Å². The number of unbranched alkanes of at least 4 members (excludes halogenated alkanes) is 1. The number of hydrogen-bond donors (Lipinski definition) is 0. The average Bonchev–Trinajstić information content (AvgIpc) is 2.19. The molecule has 0 unspecified atom stereocenters. The molecule has 0 aliphatic carbocycles. The normalized spacial score (nSPS) is 8.93.